The third-order valence-electron chi connectivity index (χ3n) is 5.86. The summed E-state index contributed by atoms with van der Waals surface area (Å²) < 4.78 is 0. The van der Waals surface area contributed by atoms with Crippen molar-refractivity contribution in [3.8, 4) is 0 Å². The number of carbonyl (C=O) groups excluding carboxylic acids is 1. The molecule has 1 saturated heterocycles. The van der Waals surface area contributed by atoms with Gasteiger partial charge in [-0.1, -0.05) is 37.3 Å². The van der Waals surface area contributed by atoms with Gasteiger partial charge in [0.1, 0.15) is 0 Å². The van der Waals surface area contributed by atoms with Crippen LogP contribution < -0.4 is 10.6 Å². The summed E-state index contributed by atoms with van der Waals surface area (Å²) in [6, 6.07) is 8.07. The van der Waals surface area contributed by atoms with Crippen molar-refractivity contribution in [2.45, 2.75) is 52.6 Å². The molecule has 2 amide bonds. The lowest BCUT2D eigenvalue weighted by Crippen LogP contribution is -2.59. The maximum Gasteiger partial charge on any atom is 0.315 e. The number of hydrogen-bond donors (Lipinski definition) is 2. The van der Waals surface area contributed by atoms with E-state index in [9.17, 15) is 4.79 Å². The Morgan fingerprint density at radius 3 is 2.36 bits per heavy atom. The molecule has 0 radical (unpaired) electrons. The molecular formula is C23H38N4O. The Balaban J connectivity index is 1.92. The summed E-state index contributed by atoms with van der Waals surface area (Å²) in [5, 5.41) is 6.21. The molecule has 0 spiro atoms. The lowest BCUT2D eigenvalue weighted by atomic mass is 9.92. The Morgan fingerprint density at radius 2 is 1.79 bits per heavy atom. The van der Waals surface area contributed by atoms with Crippen molar-refractivity contribution in [2.75, 3.05) is 39.3 Å². The minimum absolute atomic E-state index is 0.0683. The van der Waals surface area contributed by atoms with Crippen LogP contribution in [0.4, 0.5) is 4.79 Å². The Hall–Kier alpha value is -1.85. The van der Waals surface area contributed by atoms with E-state index in [-0.39, 0.29) is 11.6 Å². The Kier molecular flexibility index (Phi) is 7.29. The maximum absolute atomic E-state index is 12.6. The van der Waals surface area contributed by atoms with Gasteiger partial charge in [-0.05, 0) is 58.4 Å². The van der Waals surface area contributed by atoms with Gasteiger partial charge in [0, 0.05) is 38.3 Å². The molecule has 5 heteroatoms. The van der Waals surface area contributed by atoms with Gasteiger partial charge in [-0.3, -0.25) is 4.90 Å². The molecule has 28 heavy (non-hydrogen) atoms. The van der Waals surface area contributed by atoms with Crippen molar-refractivity contribution < 1.29 is 4.79 Å². The van der Waals surface area contributed by atoms with Gasteiger partial charge in [0.15, 0.2) is 0 Å². The van der Waals surface area contributed by atoms with Crippen LogP contribution in [0.1, 0.15) is 52.7 Å². The zero-order valence-corrected chi connectivity index (χ0v) is 18.6. The van der Waals surface area contributed by atoms with Gasteiger partial charge in [-0.15, -0.1) is 0 Å². The zero-order valence-electron chi connectivity index (χ0n) is 18.6. The first-order valence-electron chi connectivity index (χ1n) is 10.3. The molecular weight excluding hydrogens is 348 g/mol. The van der Waals surface area contributed by atoms with Crippen LogP contribution in [0, 0.1) is 0 Å². The first kappa shape index (κ1) is 22.4. The fraction of sp³-hybridized carbons (Fsp3) is 0.609. The lowest BCUT2D eigenvalue weighted by Gasteiger charge is -2.44. The van der Waals surface area contributed by atoms with Gasteiger partial charge in [0.05, 0.1) is 5.54 Å². The minimum Gasteiger partial charge on any atom is -0.336 e. The predicted octanol–water partition coefficient (Wildman–Crippen LogP) is 3.67. The number of nitrogens with one attached hydrogen (secondary N) is 2. The molecule has 156 valence electrons. The third-order valence-corrected chi connectivity index (χ3v) is 5.86. The monoisotopic (exact) mass is 386 g/mol. The Labute approximate surface area is 171 Å². The molecule has 5 nitrogen and oxygen atoms in total. The number of hydrogen-bond acceptors (Lipinski definition) is 3. The highest BCUT2D eigenvalue weighted by atomic mass is 16.2. The van der Waals surface area contributed by atoms with E-state index in [0.717, 1.165) is 49.4 Å². The average Bonchev–Trinajstić information content (AvgIpc) is 2.66. The van der Waals surface area contributed by atoms with E-state index in [1.54, 1.807) is 0 Å². The summed E-state index contributed by atoms with van der Waals surface area (Å²) in [5.41, 5.74) is 2.65. The molecule has 1 aromatic rings. The molecule has 1 aliphatic heterocycles. The normalized spacial score (nSPS) is 16.6. The van der Waals surface area contributed by atoms with Crippen LogP contribution in [0.15, 0.2) is 30.8 Å². The number of urea groups is 1. The second-order valence-electron chi connectivity index (χ2n) is 9.03. The number of likely N-dealkylation sites (N-methyl/N-ethyl adjacent to an activating group) is 1. The van der Waals surface area contributed by atoms with Crippen LogP contribution in [0.3, 0.4) is 0 Å². The number of piperazine rings is 1. The number of rotatable bonds is 7. The number of benzene rings is 1. The van der Waals surface area contributed by atoms with E-state index < -0.39 is 5.54 Å². The van der Waals surface area contributed by atoms with Crippen LogP contribution in [0.25, 0.3) is 5.57 Å². The number of allylic oxidation sites excluding steroid dienone is 1. The molecule has 2 rings (SSSR count). The molecule has 1 fully saturated rings. The smallest absolute Gasteiger partial charge is 0.315 e. The van der Waals surface area contributed by atoms with E-state index in [2.05, 4.69) is 53.8 Å². The Morgan fingerprint density at radius 1 is 1.14 bits per heavy atom. The first-order valence-corrected chi connectivity index (χ1v) is 10.3. The van der Waals surface area contributed by atoms with Crippen molar-refractivity contribution in [3.63, 3.8) is 0 Å². The summed E-state index contributed by atoms with van der Waals surface area (Å²) in [4.78, 5) is 17.6. The van der Waals surface area contributed by atoms with Crippen molar-refractivity contribution in [1.82, 2.24) is 20.4 Å². The van der Waals surface area contributed by atoms with Crippen LogP contribution in [0.5, 0.6) is 0 Å². The fourth-order valence-corrected chi connectivity index (χ4v) is 3.65. The van der Waals surface area contributed by atoms with Gasteiger partial charge in [-0.25, -0.2) is 4.79 Å². The highest BCUT2D eigenvalue weighted by Crippen LogP contribution is 2.23. The second kappa shape index (κ2) is 9.10. The summed E-state index contributed by atoms with van der Waals surface area (Å²) in [7, 11) is 0. The molecule has 1 heterocycles. The van der Waals surface area contributed by atoms with E-state index in [4.69, 9.17) is 0 Å². The number of carbonyl (C=O) groups is 1. The topological polar surface area (TPSA) is 47.6 Å². The molecule has 0 aromatic heterocycles. The molecule has 2 N–H and O–H groups in total. The minimum atomic E-state index is -0.466. The van der Waals surface area contributed by atoms with Crippen LogP contribution >= 0.6 is 0 Å². The van der Waals surface area contributed by atoms with Crippen molar-refractivity contribution >= 4 is 11.6 Å². The van der Waals surface area contributed by atoms with Gasteiger partial charge in [0.25, 0.3) is 0 Å². The largest absolute Gasteiger partial charge is 0.336 e. The fourth-order valence-electron chi connectivity index (χ4n) is 3.65. The SMILES string of the molecule is C=C(C)c1cccc(C(C)(C)NC(=O)NCC(C)(C)N2CCN(CC)CC2)c1. The molecule has 1 aromatic carbocycles. The van der Waals surface area contributed by atoms with E-state index in [1.165, 1.54) is 0 Å². The van der Waals surface area contributed by atoms with Crippen molar-refractivity contribution in [3.05, 3.63) is 42.0 Å². The van der Waals surface area contributed by atoms with Crippen molar-refractivity contribution in [2.24, 2.45) is 0 Å². The van der Waals surface area contributed by atoms with E-state index in [0.29, 0.717) is 6.54 Å². The summed E-state index contributed by atoms with van der Waals surface area (Å²) in [6.45, 7) is 22.7. The van der Waals surface area contributed by atoms with Crippen LogP contribution in [0.2, 0.25) is 0 Å². The van der Waals surface area contributed by atoms with E-state index >= 15 is 0 Å². The second-order valence-corrected chi connectivity index (χ2v) is 9.03. The van der Waals surface area contributed by atoms with Gasteiger partial charge in [0.2, 0.25) is 0 Å². The van der Waals surface area contributed by atoms with E-state index in [1.807, 2.05) is 39.0 Å². The molecule has 1 aliphatic rings. The van der Waals surface area contributed by atoms with Gasteiger partial charge in [-0.2, -0.15) is 0 Å². The number of nitrogens with zero attached hydrogens (tertiary/aromatic N) is 2. The average molecular weight is 387 g/mol. The molecule has 0 unspecified atom stereocenters. The molecule has 0 bridgehead atoms. The van der Waals surface area contributed by atoms with Crippen LogP contribution in [-0.4, -0.2) is 60.6 Å². The molecule has 0 aliphatic carbocycles. The number of amides is 2. The Bertz CT molecular complexity index is 688. The van der Waals surface area contributed by atoms with Gasteiger partial charge < -0.3 is 15.5 Å². The molecule has 0 saturated carbocycles. The quantitative estimate of drug-likeness (QED) is 0.752. The standard InChI is InChI=1S/C23H38N4O/c1-8-26-12-14-27(15-13-26)22(4,5)17-24-21(28)25-23(6,7)20-11-9-10-19(16-20)18(2)3/h9-11,16H,2,8,12-15,17H2,1,3-7H3,(H2,24,25,28). The highest BCUT2D eigenvalue weighted by Gasteiger charge is 2.31. The van der Waals surface area contributed by atoms with Crippen molar-refractivity contribution in [1.29, 1.82) is 0 Å². The summed E-state index contributed by atoms with van der Waals surface area (Å²) in [5.74, 6) is 0. The third kappa shape index (κ3) is 5.82. The first-order chi connectivity index (χ1) is 13.0. The van der Waals surface area contributed by atoms with Gasteiger partial charge >= 0.3 is 6.03 Å². The summed E-state index contributed by atoms with van der Waals surface area (Å²) in [6.07, 6.45) is 0. The summed E-state index contributed by atoms with van der Waals surface area (Å²) >= 11 is 0. The zero-order chi connectivity index (χ0) is 20.9. The van der Waals surface area contributed by atoms with Crippen LogP contribution in [-0.2, 0) is 5.54 Å². The highest BCUT2D eigenvalue weighted by molar-refractivity contribution is 5.75. The lowest BCUT2D eigenvalue weighted by molar-refractivity contribution is 0.0553. The predicted molar refractivity (Wildman–Crippen MR) is 118 cm³/mol. The molecule has 0 atom stereocenters. The maximum atomic E-state index is 12.6.